The number of aryl methyl sites for hydroxylation is 1. The highest BCUT2D eigenvalue weighted by atomic mass is 16.5. The lowest BCUT2D eigenvalue weighted by atomic mass is 10.0. The Morgan fingerprint density at radius 3 is 2.58 bits per heavy atom. The molecule has 154 valence electrons. The summed E-state index contributed by atoms with van der Waals surface area (Å²) < 4.78 is 5.35. The number of carbonyl (C=O) groups excluding carboxylic acids is 2. The summed E-state index contributed by atoms with van der Waals surface area (Å²) in [6, 6.07) is 18.5. The van der Waals surface area contributed by atoms with Gasteiger partial charge in [0, 0.05) is 22.9 Å². The third-order valence-electron chi connectivity index (χ3n) is 5.23. The van der Waals surface area contributed by atoms with Gasteiger partial charge in [0.15, 0.2) is 0 Å². The molecule has 0 spiro atoms. The molecule has 2 aromatic carbocycles. The first-order chi connectivity index (χ1) is 15.1. The number of rotatable bonds is 5. The maximum absolute atomic E-state index is 13.2. The Hall–Kier alpha value is -4.00. The quantitative estimate of drug-likeness (QED) is 0.508. The van der Waals surface area contributed by atoms with E-state index in [1.54, 1.807) is 37.3 Å². The number of hydrogen-bond donors (Lipinski definition) is 2. The second-order valence-corrected chi connectivity index (χ2v) is 7.65. The number of amides is 2. The van der Waals surface area contributed by atoms with Gasteiger partial charge in [0.2, 0.25) is 0 Å². The van der Waals surface area contributed by atoms with Gasteiger partial charge in [0.05, 0.1) is 22.3 Å². The lowest BCUT2D eigenvalue weighted by Gasteiger charge is -2.10. The highest BCUT2D eigenvalue weighted by Crippen LogP contribution is 2.28. The number of anilines is 1. The zero-order chi connectivity index (χ0) is 21.4. The fraction of sp³-hybridized carbons (Fsp3) is 0.167. The van der Waals surface area contributed by atoms with Gasteiger partial charge < -0.3 is 15.2 Å². The Bertz CT molecular complexity index is 1290. The van der Waals surface area contributed by atoms with E-state index in [0.717, 1.165) is 18.4 Å². The van der Waals surface area contributed by atoms with Crippen LogP contribution in [0, 0.1) is 6.92 Å². The fourth-order valence-corrected chi connectivity index (χ4v) is 3.46. The maximum atomic E-state index is 13.2. The molecule has 1 aliphatic carbocycles. The number of nitrogens with zero attached hydrogens (tertiary/aromatic N) is 2. The third-order valence-corrected chi connectivity index (χ3v) is 5.23. The summed E-state index contributed by atoms with van der Waals surface area (Å²) in [5, 5.41) is 10.4. The molecule has 7 nitrogen and oxygen atoms in total. The van der Waals surface area contributed by atoms with Gasteiger partial charge in [0.25, 0.3) is 17.5 Å². The Kier molecular flexibility index (Phi) is 4.71. The maximum Gasteiger partial charge on any atom is 0.259 e. The number of aromatic nitrogens is 2. The van der Waals surface area contributed by atoms with Gasteiger partial charge in [-0.25, -0.2) is 4.98 Å². The normalized spacial score (nSPS) is 13.2. The van der Waals surface area contributed by atoms with Crippen molar-refractivity contribution in [2.75, 3.05) is 5.32 Å². The molecule has 5 rings (SSSR count). The molecule has 1 saturated carbocycles. The van der Waals surface area contributed by atoms with E-state index in [1.807, 2.05) is 30.3 Å². The number of benzene rings is 2. The van der Waals surface area contributed by atoms with Crippen LogP contribution in [0.2, 0.25) is 0 Å². The van der Waals surface area contributed by atoms with Gasteiger partial charge >= 0.3 is 0 Å². The molecular weight excluding hydrogens is 392 g/mol. The first kappa shape index (κ1) is 19.0. The summed E-state index contributed by atoms with van der Waals surface area (Å²) in [5.74, 6) is -0.457. The van der Waals surface area contributed by atoms with Crippen LogP contribution in [0.4, 0.5) is 5.69 Å². The fourth-order valence-electron chi connectivity index (χ4n) is 3.46. The van der Waals surface area contributed by atoms with Crippen LogP contribution in [-0.4, -0.2) is 28.0 Å². The molecule has 31 heavy (non-hydrogen) atoms. The second-order valence-electron chi connectivity index (χ2n) is 7.65. The first-order valence-corrected chi connectivity index (χ1v) is 10.1. The van der Waals surface area contributed by atoms with E-state index in [4.69, 9.17) is 4.52 Å². The minimum atomic E-state index is -0.323. The van der Waals surface area contributed by atoms with Gasteiger partial charge in [-0.2, -0.15) is 0 Å². The van der Waals surface area contributed by atoms with Crippen molar-refractivity contribution in [2.45, 2.75) is 25.8 Å². The molecule has 0 unspecified atom stereocenters. The van der Waals surface area contributed by atoms with Crippen LogP contribution in [0.15, 0.2) is 65.2 Å². The highest BCUT2D eigenvalue weighted by molar-refractivity contribution is 6.13. The summed E-state index contributed by atoms with van der Waals surface area (Å²) in [6.07, 6.45) is 2.03. The predicted molar refractivity (Wildman–Crippen MR) is 117 cm³/mol. The second kappa shape index (κ2) is 7.68. The van der Waals surface area contributed by atoms with Crippen molar-refractivity contribution < 1.29 is 14.1 Å². The van der Waals surface area contributed by atoms with Crippen molar-refractivity contribution in [1.29, 1.82) is 0 Å². The average molecular weight is 412 g/mol. The molecule has 0 saturated heterocycles. The van der Waals surface area contributed by atoms with E-state index < -0.39 is 0 Å². The first-order valence-electron chi connectivity index (χ1n) is 10.1. The summed E-state index contributed by atoms with van der Waals surface area (Å²) >= 11 is 0. The monoisotopic (exact) mass is 412 g/mol. The molecule has 0 aliphatic heterocycles. The van der Waals surface area contributed by atoms with E-state index in [-0.39, 0.29) is 17.9 Å². The number of fused-ring (bicyclic) bond motifs is 1. The van der Waals surface area contributed by atoms with Crippen LogP contribution in [-0.2, 0) is 0 Å². The van der Waals surface area contributed by atoms with Crippen molar-refractivity contribution in [1.82, 2.24) is 15.5 Å². The molecule has 0 bridgehead atoms. The smallest absolute Gasteiger partial charge is 0.259 e. The van der Waals surface area contributed by atoms with Gasteiger partial charge in [-0.3, -0.25) is 9.59 Å². The topological polar surface area (TPSA) is 97.1 Å². The lowest BCUT2D eigenvalue weighted by molar-refractivity contribution is 0.0949. The van der Waals surface area contributed by atoms with Crippen LogP contribution in [0.25, 0.3) is 22.4 Å². The van der Waals surface area contributed by atoms with Crippen molar-refractivity contribution in [3.8, 4) is 11.3 Å². The Labute approximate surface area is 178 Å². The molecular formula is C24H20N4O3. The van der Waals surface area contributed by atoms with Gasteiger partial charge in [0.1, 0.15) is 0 Å². The van der Waals surface area contributed by atoms with Crippen LogP contribution < -0.4 is 10.6 Å². The molecule has 1 fully saturated rings. The molecule has 4 aromatic rings. The molecule has 1 aliphatic rings. The largest absolute Gasteiger partial charge is 0.349 e. The SMILES string of the molecule is Cc1noc2nc(-c3ccccc3)cc(C(=O)Nc3cccc(C(=O)NC4CC4)c3)c12. The highest BCUT2D eigenvalue weighted by Gasteiger charge is 2.24. The molecule has 7 heteroatoms. The van der Waals surface area contributed by atoms with Crippen molar-refractivity contribution in [3.63, 3.8) is 0 Å². The van der Waals surface area contributed by atoms with Crippen molar-refractivity contribution in [2.24, 2.45) is 0 Å². The summed E-state index contributed by atoms with van der Waals surface area (Å²) in [6.45, 7) is 1.77. The molecule has 0 radical (unpaired) electrons. The Morgan fingerprint density at radius 1 is 1.00 bits per heavy atom. The van der Waals surface area contributed by atoms with Crippen LogP contribution >= 0.6 is 0 Å². The minimum absolute atomic E-state index is 0.133. The van der Waals surface area contributed by atoms with Crippen molar-refractivity contribution in [3.05, 3.63) is 77.5 Å². The lowest BCUT2D eigenvalue weighted by Crippen LogP contribution is -2.25. The minimum Gasteiger partial charge on any atom is -0.349 e. The zero-order valence-electron chi connectivity index (χ0n) is 16.9. The molecule has 0 atom stereocenters. The molecule has 2 N–H and O–H groups in total. The van der Waals surface area contributed by atoms with E-state index >= 15 is 0 Å². The predicted octanol–water partition coefficient (Wildman–Crippen LogP) is 4.34. The zero-order valence-corrected chi connectivity index (χ0v) is 16.9. The van der Waals surface area contributed by atoms with E-state index in [2.05, 4.69) is 20.8 Å². The van der Waals surface area contributed by atoms with Gasteiger partial charge in [-0.15, -0.1) is 0 Å². The summed E-state index contributed by atoms with van der Waals surface area (Å²) in [5.41, 5.74) is 3.84. The van der Waals surface area contributed by atoms with Crippen LogP contribution in [0.3, 0.4) is 0 Å². The number of hydrogen-bond acceptors (Lipinski definition) is 5. The van der Waals surface area contributed by atoms with Gasteiger partial charge in [-0.05, 0) is 44.0 Å². The van der Waals surface area contributed by atoms with E-state index in [0.29, 0.717) is 39.3 Å². The summed E-state index contributed by atoms with van der Waals surface area (Å²) in [4.78, 5) is 30.1. The third kappa shape index (κ3) is 3.90. The van der Waals surface area contributed by atoms with Crippen molar-refractivity contribution >= 4 is 28.6 Å². The van der Waals surface area contributed by atoms with Crippen LogP contribution in [0.5, 0.6) is 0 Å². The van der Waals surface area contributed by atoms with Gasteiger partial charge in [-0.1, -0.05) is 41.6 Å². The standard InChI is InChI=1S/C24H20N4O3/c1-14-21-19(13-20(27-24(21)31-28-14)15-6-3-2-4-7-15)23(30)26-18-9-5-8-16(12-18)22(29)25-17-10-11-17/h2-9,12-13,17H,10-11H2,1H3,(H,25,29)(H,26,30). The van der Waals surface area contributed by atoms with Crippen LogP contribution in [0.1, 0.15) is 39.3 Å². The molecule has 2 aromatic heterocycles. The summed E-state index contributed by atoms with van der Waals surface area (Å²) in [7, 11) is 0. The molecule has 2 amide bonds. The van der Waals surface area contributed by atoms with E-state index in [1.165, 1.54) is 0 Å². The average Bonchev–Trinajstić information content (AvgIpc) is 3.53. The number of pyridine rings is 1. The number of carbonyl (C=O) groups is 2. The molecule has 2 heterocycles. The Morgan fingerprint density at radius 2 is 1.81 bits per heavy atom. The Balaban J connectivity index is 1.48. The number of nitrogens with one attached hydrogen (secondary N) is 2. The van der Waals surface area contributed by atoms with E-state index in [9.17, 15) is 9.59 Å².